The van der Waals surface area contributed by atoms with E-state index in [-0.39, 0.29) is 5.91 Å². The third-order valence-electron chi connectivity index (χ3n) is 4.24. The zero-order chi connectivity index (χ0) is 16.4. The predicted molar refractivity (Wildman–Crippen MR) is 92.6 cm³/mol. The van der Waals surface area contributed by atoms with Gasteiger partial charge in [0.2, 0.25) is 0 Å². The van der Waals surface area contributed by atoms with Crippen molar-refractivity contribution in [2.75, 3.05) is 6.61 Å². The lowest BCUT2D eigenvalue weighted by Crippen LogP contribution is -2.22. The monoisotopic (exact) mass is 318 g/mol. The van der Waals surface area contributed by atoms with Crippen molar-refractivity contribution in [1.82, 2.24) is 9.88 Å². The highest BCUT2D eigenvalue weighted by Crippen LogP contribution is 2.25. The van der Waals surface area contributed by atoms with E-state index >= 15 is 0 Å². The SMILES string of the molecule is O=C(NCc1ccc2c(c1)CCO2)c1ccc(-n2cccc2)cc1. The molecule has 3 aromatic rings. The summed E-state index contributed by atoms with van der Waals surface area (Å²) in [7, 11) is 0. The first-order valence-electron chi connectivity index (χ1n) is 8.06. The molecule has 0 saturated heterocycles. The van der Waals surface area contributed by atoms with Gasteiger partial charge in [0.05, 0.1) is 6.61 Å². The summed E-state index contributed by atoms with van der Waals surface area (Å²) in [5.74, 6) is 0.900. The first-order chi connectivity index (χ1) is 11.8. The summed E-state index contributed by atoms with van der Waals surface area (Å²) < 4.78 is 7.51. The fourth-order valence-corrected chi connectivity index (χ4v) is 2.93. The molecule has 0 atom stereocenters. The van der Waals surface area contributed by atoms with Crippen molar-refractivity contribution in [3.63, 3.8) is 0 Å². The molecule has 2 heterocycles. The Morgan fingerprint density at radius 1 is 1.08 bits per heavy atom. The van der Waals surface area contributed by atoms with Crippen molar-refractivity contribution in [3.8, 4) is 11.4 Å². The van der Waals surface area contributed by atoms with Gasteiger partial charge >= 0.3 is 0 Å². The minimum absolute atomic E-state index is 0.0641. The molecule has 0 unspecified atom stereocenters. The average molecular weight is 318 g/mol. The predicted octanol–water partition coefficient (Wildman–Crippen LogP) is 3.34. The van der Waals surface area contributed by atoms with Crippen molar-refractivity contribution >= 4 is 5.91 Å². The number of ether oxygens (including phenoxy) is 1. The second-order valence-corrected chi connectivity index (χ2v) is 5.86. The van der Waals surface area contributed by atoms with Gasteiger partial charge in [-0.05, 0) is 53.6 Å². The van der Waals surface area contributed by atoms with Crippen LogP contribution in [0, 0.1) is 0 Å². The molecule has 0 bridgehead atoms. The third-order valence-corrected chi connectivity index (χ3v) is 4.24. The Morgan fingerprint density at radius 3 is 2.67 bits per heavy atom. The van der Waals surface area contributed by atoms with Crippen molar-refractivity contribution in [2.45, 2.75) is 13.0 Å². The van der Waals surface area contributed by atoms with Gasteiger partial charge in [-0.1, -0.05) is 12.1 Å². The third kappa shape index (κ3) is 2.91. The fourth-order valence-electron chi connectivity index (χ4n) is 2.93. The zero-order valence-corrected chi connectivity index (χ0v) is 13.2. The molecular formula is C20H18N2O2. The van der Waals surface area contributed by atoms with Gasteiger partial charge in [-0.2, -0.15) is 0 Å². The van der Waals surface area contributed by atoms with Crippen molar-refractivity contribution in [2.24, 2.45) is 0 Å². The van der Waals surface area contributed by atoms with Crippen LogP contribution in [0.5, 0.6) is 5.75 Å². The Labute approximate surface area is 140 Å². The number of hydrogen-bond donors (Lipinski definition) is 1. The molecule has 24 heavy (non-hydrogen) atoms. The van der Waals surface area contributed by atoms with Gasteiger partial charge in [0.1, 0.15) is 5.75 Å². The van der Waals surface area contributed by atoms with Crippen LogP contribution < -0.4 is 10.1 Å². The molecule has 1 aliphatic heterocycles. The second-order valence-electron chi connectivity index (χ2n) is 5.86. The van der Waals surface area contributed by atoms with Crippen molar-refractivity contribution in [1.29, 1.82) is 0 Å². The molecule has 4 heteroatoms. The first kappa shape index (κ1) is 14.6. The first-order valence-corrected chi connectivity index (χ1v) is 8.06. The summed E-state index contributed by atoms with van der Waals surface area (Å²) >= 11 is 0. The van der Waals surface area contributed by atoms with Crippen LogP contribution in [0.15, 0.2) is 67.0 Å². The number of carbonyl (C=O) groups is 1. The Hall–Kier alpha value is -3.01. The maximum absolute atomic E-state index is 12.3. The maximum atomic E-state index is 12.3. The van der Waals surface area contributed by atoms with Crippen LogP contribution in [0.25, 0.3) is 5.69 Å². The summed E-state index contributed by atoms with van der Waals surface area (Å²) in [5, 5.41) is 2.97. The van der Waals surface area contributed by atoms with Crippen LogP contribution in [-0.2, 0) is 13.0 Å². The summed E-state index contributed by atoms with van der Waals surface area (Å²) in [4.78, 5) is 12.3. The van der Waals surface area contributed by atoms with E-state index in [4.69, 9.17) is 4.74 Å². The van der Waals surface area contributed by atoms with E-state index in [9.17, 15) is 4.79 Å². The van der Waals surface area contributed by atoms with Crippen LogP contribution in [-0.4, -0.2) is 17.1 Å². The molecule has 1 amide bonds. The van der Waals surface area contributed by atoms with Gasteiger partial charge in [0.15, 0.2) is 0 Å². The molecule has 4 rings (SSSR count). The maximum Gasteiger partial charge on any atom is 0.251 e. The smallest absolute Gasteiger partial charge is 0.251 e. The molecule has 1 aromatic heterocycles. The molecule has 0 fully saturated rings. The molecule has 0 spiro atoms. The number of amides is 1. The number of nitrogens with one attached hydrogen (secondary N) is 1. The minimum atomic E-state index is -0.0641. The van der Waals surface area contributed by atoms with Gasteiger partial charge in [-0.15, -0.1) is 0 Å². The minimum Gasteiger partial charge on any atom is -0.493 e. The number of rotatable bonds is 4. The van der Waals surface area contributed by atoms with Gasteiger partial charge in [-0.3, -0.25) is 4.79 Å². The topological polar surface area (TPSA) is 43.3 Å². The lowest BCUT2D eigenvalue weighted by molar-refractivity contribution is 0.0951. The molecule has 4 nitrogen and oxygen atoms in total. The molecular weight excluding hydrogens is 300 g/mol. The number of nitrogens with zero attached hydrogens (tertiary/aromatic N) is 1. The number of fused-ring (bicyclic) bond motifs is 1. The highest BCUT2D eigenvalue weighted by Gasteiger charge is 2.12. The zero-order valence-electron chi connectivity index (χ0n) is 13.2. The standard InChI is InChI=1S/C20H18N2O2/c23-20(16-4-6-18(7-5-16)22-10-1-2-11-22)21-14-15-3-8-19-17(13-15)9-12-24-19/h1-8,10-11,13H,9,12,14H2,(H,21,23). The lowest BCUT2D eigenvalue weighted by atomic mass is 10.1. The quantitative estimate of drug-likeness (QED) is 0.802. The second kappa shape index (κ2) is 6.24. The Morgan fingerprint density at radius 2 is 1.88 bits per heavy atom. The van der Waals surface area contributed by atoms with Crippen LogP contribution >= 0.6 is 0 Å². The number of hydrogen-bond acceptors (Lipinski definition) is 2. The molecule has 0 aliphatic carbocycles. The van der Waals surface area contributed by atoms with E-state index in [1.807, 2.05) is 65.5 Å². The summed E-state index contributed by atoms with van der Waals surface area (Å²) in [5.41, 5.74) is 4.01. The lowest BCUT2D eigenvalue weighted by Gasteiger charge is -2.08. The van der Waals surface area contributed by atoms with E-state index in [1.165, 1.54) is 5.56 Å². The van der Waals surface area contributed by atoms with Gasteiger partial charge in [-0.25, -0.2) is 0 Å². The van der Waals surface area contributed by atoms with Crippen molar-refractivity contribution < 1.29 is 9.53 Å². The molecule has 1 aliphatic rings. The molecule has 0 saturated carbocycles. The number of aromatic nitrogens is 1. The Bertz CT molecular complexity index is 852. The van der Waals surface area contributed by atoms with Crippen LogP contribution in [0.4, 0.5) is 0 Å². The van der Waals surface area contributed by atoms with Crippen molar-refractivity contribution in [3.05, 3.63) is 83.7 Å². The van der Waals surface area contributed by atoms with E-state index in [1.54, 1.807) is 0 Å². The summed E-state index contributed by atoms with van der Waals surface area (Å²) in [6.07, 6.45) is 4.90. The Balaban J connectivity index is 1.41. The van der Waals surface area contributed by atoms with Crippen LogP contribution in [0.3, 0.4) is 0 Å². The Kier molecular flexibility index (Phi) is 3.79. The highest BCUT2D eigenvalue weighted by atomic mass is 16.5. The summed E-state index contributed by atoms with van der Waals surface area (Å²) in [6, 6.07) is 17.6. The van der Waals surface area contributed by atoms with E-state index in [2.05, 4.69) is 11.4 Å². The number of benzene rings is 2. The molecule has 120 valence electrons. The fraction of sp³-hybridized carbons (Fsp3) is 0.150. The van der Waals surface area contributed by atoms with Gasteiger partial charge < -0.3 is 14.6 Å². The summed E-state index contributed by atoms with van der Waals surface area (Å²) in [6.45, 7) is 1.27. The highest BCUT2D eigenvalue weighted by molar-refractivity contribution is 5.94. The molecule has 1 N–H and O–H groups in total. The van der Waals surface area contributed by atoms with E-state index in [0.717, 1.165) is 30.0 Å². The molecule has 0 radical (unpaired) electrons. The van der Waals surface area contributed by atoms with E-state index < -0.39 is 0 Å². The van der Waals surface area contributed by atoms with Gasteiger partial charge in [0.25, 0.3) is 5.91 Å². The molecule has 2 aromatic carbocycles. The largest absolute Gasteiger partial charge is 0.493 e. The van der Waals surface area contributed by atoms with Gasteiger partial charge in [0, 0.05) is 36.6 Å². The normalized spacial score (nSPS) is 12.5. The van der Waals surface area contributed by atoms with Crippen LogP contribution in [0.2, 0.25) is 0 Å². The average Bonchev–Trinajstić information content (AvgIpc) is 3.31. The van der Waals surface area contributed by atoms with E-state index in [0.29, 0.717) is 12.1 Å². The number of carbonyl (C=O) groups excluding carboxylic acids is 1. The van der Waals surface area contributed by atoms with Crippen LogP contribution in [0.1, 0.15) is 21.5 Å².